The van der Waals surface area contributed by atoms with Gasteiger partial charge in [-0.05, 0) is 38.1 Å². The van der Waals surface area contributed by atoms with Crippen molar-refractivity contribution in [2.45, 2.75) is 39.2 Å². The number of hydrogen-bond acceptors (Lipinski definition) is 5. The fourth-order valence-electron chi connectivity index (χ4n) is 3.11. The summed E-state index contributed by atoms with van der Waals surface area (Å²) in [5.74, 6) is 1.30. The fourth-order valence-corrected chi connectivity index (χ4v) is 3.74. The van der Waals surface area contributed by atoms with E-state index in [1.807, 2.05) is 41.8 Å². The Kier molecular flexibility index (Phi) is 5.58. The number of hydrogen-bond donors (Lipinski definition) is 0. The highest BCUT2D eigenvalue weighted by Gasteiger charge is 2.27. The maximum absolute atomic E-state index is 12.5. The predicted octanol–water partition coefficient (Wildman–Crippen LogP) is 3.40. The summed E-state index contributed by atoms with van der Waals surface area (Å²) in [5, 5.41) is 3.87. The summed E-state index contributed by atoms with van der Waals surface area (Å²) in [6, 6.07) is 1.90. The molecular weight excluding hydrogens is 322 g/mol. The quantitative estimate of drug-likeness (QED) is 0.833. The molecule has 0 atom stereocenters. The van der Waals surface area contributed by atoms with Gasteiger partial charge in [0, 0.05) is 42.8 Å². The SMILES string of the molecule is CCOCc1cnc(C)nc1C1CCN(C(=O)c2ccsc2)CC1. The van der Waals surface area contributed by atoms with Gasteiger partial charge in [0.25, 0.3) is 5.91 Å². The molecule has 0 saturated carbocycles. The minimum atomic E-state index is 0.142. The van der Waals surface area contributed by atoms with E-state index in [1.165, 1.54) is 0 Å². The fraction of sp³-hybridized carbons (Fsp3) is 0.500. The number of rotatable bonds is 5. The van der Waals surface area contributed by atoms with Gasteiger partial charge in [-0.1, -0.05) is 0 Å². The minimum Gasteiger partial charge on any atom is -0.377 e. The van der Waals surface area contributed by atoms with Crippen molar-refractivity contribution in [3.8, 4) is 0 Å². The van der Waals surface area contributed by atoms with Crippen LogP contribution in [-0.4, -0.2) is 40.5 Å². The van der Waals surface area contributed by atoms with Gasteiger partial charge in [0.2, 0.25) is 0 Å². The zero-order valence-electron chi connectivity index (χ0n) is 14.2. The third kappa shape index (κ3) is 3.82. The van der Waals surface area contributed by atoms with Crippen LogP contribution in [0.15, 0.2) is 23.0 Å². The van der Waals surface area contributed by atoms with Crippen LogP contribution in [0.1, 0.15) is 53.1 Å². The first kappa shape index (κ1) is 17.0. The average molecular weight is 345 g/mol. The van der Waals surface area contributed by atoms with Crippen LogP contribution < -0.4 is 0 Å². The molecule has 3 rings (SSSR count). The molecule has 2 aromatic heterocycles. The molecule has 1 aliphatic heterocycles. The molecule has 0 spiro atoms. The second kappa shape index (κ2) is 7.85. The topological polar surface area (TPSA) is 55.3 Å². The molecule has 128 valence electrons. The number of carbonyl (C=O) groups excluding carboxylic acids is 1. The van der Waals surface area contributed by atoms with Gasteiger partial charge in [0.1, 0.15) is 5.82 Å². The summed E-state index contributed by atoms with van der Waals surface area (Å²) in [5.41, 5.74) is 2.97. The third-order valence-electron chi connectivity index (χ3n) is 4.42. The smallest absolute Gasteiger partial charge is 0.254 e. The van der Waals surface area contributed by atoms with Crippen molar-refractivity contribution in [2.24, 2.45) is 0 Å². The maximum atomic E-state index is 12.5. The molecule has 1 fully saturated rings. The molecule has 24 heavy (non-hydrogen) atoms. The van der Waals surface area contributed by atoms with Gasteiger partial charge in [0.15, 0.2) is 0 Å². The van der Waals surface area contributed by atoms with E-state index in [0.29, 0.717) is 19.1 Å². The molecule has 1 saturated heterocycles. The molecule has 0 aromatic carbocycles. The Morgan fingerprint density at radius 1 is 1.42 bits per heavy atom. The van der Waals surface area contributed by atoms with Gasteiger partial charge < -0.3 is 9.64 Å². The second-order valence-electron chi connectivity index (χ2n) is 6.04. The van der Waals surface area contributed by atoms with Crippen LogP contribution in [0.3, 0.4) is 0 Å². The Morgan fingerprint density at radius 3 is 2.88 bits per heavy atom. The highest BCUT2D eigenvalue weighted by molar-refractivity contribution is 7.08. The van der Waals surface area contributed by atoms with Crippen molar-refractivity contribution in [3.05, 3.63) is 45.7 Å². The molecule has 5 nitrogen and oxygen atoms in total. The first-order valence-corrected chi connectivity index (χ1v) is 9.35. The minimum absolute atomic E-state index is 0.142. The van der Waals surface area contributed by atoms with Crippen molar-refractivity contribution in [1.29, 1.82) is 0 Å². The number of amides is 1. The van der Waals surface area contributed by atoms with E-state index in [0.717, 1.165) is 48.6 Å². The first-order valence-electron chi connectivity index (χ1n) is 8.40. The summed E-state index contributed by atoms with van der Waals surface area (Å²) in [4.78, 5) is 23.4. The molecule has 6 heteroatoms. The van der Waals surface area contributed by atoms with Crippen LogP contribution in [0, 0.1) is 6.92 Å². The zero-order valence-corrected chi connectivity index (χ0v) is 15.0. The molecule has 0 N–H and O–H groups in total. The summed E-state index contributed by atoms with van der Waals surface area (Å²) in [6.45, 7) is 6.69. The Morgan fingerprint density at radius 2 is 2.21 bits per heavy atom. The van der Waals surface area contributed by atoms with Gasteiger partial charge in [-0.15, -0.1) is 0 Å². The number of nitrogens with zero attached hydrogens (tertiary/aromatic N) is 3. The van der Waals surface area contributed by atoms with E-state index < -0.39 is 0 Å². The van der Waals surface area contributed by atoms with Crippen molar-refractivity contribution in [2.75, 3.05) is 19.7 Å². The van der Waals surface area contributed by atoms with E-state index in [4.69, 9.17) is 4.74 Å². The van der Waals surface area contributed by atoms with Crippen LogP contribution in [0.2, 0.25) is 0 Å². The summed E-state index contributed by atoms with van der Waals surface area (Å²) < 4.78 is 5.56. The molecule has 0 unspecified atom stereocenters. The summed E-state index contributed by atoms with van der Waals surface area (Å²) >= 11 is 1.56. The van der Waals surface area contributed by atoms with Crippen molar-refractivity contribution >= 4 is 17.2 Å². The number of carbonyl (C=O) groups is 1. The van der Waals surface area contributed by atoms with Crippen molar-refractivity contribution in [1.82, 2.24) is 14.9 Å². The Hall–Kier alpha value is -1.79. The monoisotopic (exact) mass is 345 g/mol. The van der Waals surface area contributed by atoms with Crippen LogP contribution in [0.4, 0.5) is 0 Å². The second-order valence-corrected chi connectivity index (χ2v) is 6.82. The maximum Gasteiger partial charge on any atom is 0.254 e. The lowest BCUT2D eigenvalue weighted by Gasteiger charge is -2.32. The van der Waals surface area contributed by atoms with E-state index >= 15 is 0 Å². The van der Waals surface area contributed by atoms with Gasteiger partial charge in [0.05, 0.1) is 17.9 Å². The van der Waals surface area contributed by atoms with Gasteiger partial charge in [-0.3, -0.25) is 4.79 Å². The first-order chi connectivity index (χ1) is 11.7. The highest BCUT2D eigenvalue weighted by atomic mass is 32.1. The zero-order chi connectivity index (χ0) is 16.9. The molecule has 2 aromatic rings. The molecule has 1 amide bonds. The van der Waals surface area contributed by atoms with Crippen LogP contribution in [0.25, 0.3) is 0 Å². The van der Waals surface area contributed by atoms with E-state index in [-0.39, 0.29) is 5.91 Å². The summed E-state index contributed by atoms with van der Waals surface area (Å²) in [7, 11) is 0. The van der Waals surface area contributed by atoms with E-state index in [2.05, 4.69) is 9.97 Å². The standard InChI is InChI=1S/C18H23N3O2S/c1-3-23-11-16-10-19-13(2)20-17(16)14-4-7-21(8-5-14)18(22)15-6-9-24-12-15/h6,9-10,12,14H,3-5,7-8,11H2,1-2H3. The predicted molar refractivity (Wildman–Crippen MR) is 94.3 cm³/mol. The van der Waals surface area contributed by atoms with E-state index in [1.54, 1.807) is 11.3 Å². The molecule has 0 aliphatic carbocycles. The van der Waals surface area contributed by atoms with Crippen LogP contribution in [-0.2, 0) is 11.3 Å². The lowest BCUT2D eigenvalue weighted by atomic mass is 9.90. The Labute approximate surface area is 146 Å². The number of thiophene rings is 1. The Bertz CT molecular complexity index is 680. The number of piperidine rings is 1. The lowest BCUT2D eigenvalue weighted by molar-refractivity contribution is 0.0711. The molecule has 0 radical (unpaired) electrons. The van der Waals surface area contributed by atoms with Crippen molar-refractivity contribution < 1.29 is 9.53 Å². The van der Waals surface area contributed by atoms with Crippen LogP contribution >= 0.6 is 11.3 Å². The number of ether oxygens (including phenoxy) is 1. The largest absolute Gasteiger partial charge is 0.377 e. The molecule has 0 bridgehead atoms. The molecular formula is C18H23N3O2S. The normalized spacial score (nSPS) is 15.7. The van der Waals surface area contributed by atoms with Gasteiger partial charge in [-0.25, -0.2) is 9.97 Å². The summed E-state index contributed by atoms with van der Waals surface area (Å²) in [6.07, 6.45) is 3.76. The van der Waals surface area contributed by atoms with Crippen molar-refractivity contribution in [3.63, 3.8) is 0 Å². The number of likely N-dealkylation sites (tertiary alicyclic amines) is 1. The van der Waals surface area contributed by atoms with Gasteiger partial charge in [-0.2, -0.15) is 11.3 Å². The highest BCUT2D eigenvalue weighted by Crippen LogP contribution is 2.30. The van der Waals surface area contributed by atoms with Gasteiger partial charge >= 0.3 is 0 Å². The third-order valence-corrected chi connectivity index (χ3v) is 5.10. The average Bonchev–Trinajstić information content (AvgIpc) is 3.15. The van der Waals surface area contributed by atoms with Crippen LogP contribution in [0.5, 0.6) is 0 Å². The Balaban J connectivity index is 1.68. The number of aromatic nitrogens is 2. The lowest BCUT2D eigenvalue weighted by Crippen LogP contribution is -2.38. The number of aryl methyl sites for hydroxylation is 1. The molecule has 3 heterocycles. The van der Waals surface area contributed by atoms with E-state index in [9.17, 15) is 4.79 Å². The molecule has 1 aliphatic rings.